The van der Waals surface area contributed by atoms with Crippen molar-refractivity contribution in [2.45, 2.75) is 45.8 Å². The van der Waals surface area contributed by atoms with Crippen LogP contribution in [0, 0.1) is 5.92 Å². The number of rotatable bonds is 3. The molecular formula is C20H26N2O4. The summed E-state index contributed by atoms with van der Waals surface area (Å²) in [5.74, 6) is 0.405. The van der Waals surface area contributed by atoms with Gasteiger partial charge in [-0.15, -0.1) is 5.01 Å². The number of imide groups is 1. The van der Waals surface area contributed by atoms with Crippen molar-refractivity contribution in [3.05, 3.63) is 47.5 Å². The standard InChI is InChI=1S/C20H26N2O4/c1-20(2,3)26-19(24)22(21-12-16-10-7-11-17(16)13-21)18(23)25-14-15-8-5-4-6-9-15/h4-6,8-10,17H,7,11-14H2,1-3H3. The number of hydrazine groups is 1. The van der Waals surface area contributed by atoms with E-state index >= 15 is 0 Å². The van der Waals surface area contributed by atoms with E-state index in [0.29, 0.717) is 19.0 Å². The lowest BCUT2D eigenvalue weighted by Gasteiger charge is -2.31. The largest absolute Gasteiger partial charge is 0.443 e. The van der Waals surface area contributed by atoms with Crippen molar-refractivity contribution in [1.29, 1.82) is 0 Å². The third-order valence-electron chi connectivity index (χ3n) is 4.47. The molecule has 0 aromatic heterocycles. The number of carbonyl (C=O) groups excluding carboxylic acids is 2. The van der Waals surface area contributed by atoms with E-state index in [1.807, 2.05) is 30.3 Å². The van der Waals surface area contributed by atoms with Crippen LogP contribution in [0.1, 0.15) is 39.2 Å². The molecule has 1 aliphatic heterocycles. The molecule has 6 heteroatoms. The zero-order valence-corrected chi connectivity index (χ0v) is 15.6. The predicted molar refractivity (Wildman–Crippen MR) is 97.1 cm³/mol. The Morgan fingerprint density at radius 2 is 1.92 bits per heavy atom. The van der Waals surface area contributed by atoms with Crippen LogP contribution in [0.25, 0.3) is 0 Å². The van der Waals surface area contributed by atoms with Gasteiger partial charge in [-0.05, 0) is 45.1 Å². The molecule has 1 fully saturated rings. The lowest BCUT2D eigenvalue weighted by Crippen LogP contribution is -2.51. The molecule has 1 unspecified atom stereocenters. The van der Waals surface area contributed by atoms with Gasteiger partial charge in [-0.25, -0.2) is 14.6 Å². The van der Waals surface area contributed by atoms with Crippen LogP contribution in [0.15, 0.2) is 42.0 Å². The van der Waals surface area contributed by atoms with Gasteiger partial charge in [0.05, 0.1) is 0 Å². The van der Waals surface area contributed by atoms with Gasteiger partial charge in [0.25, 0.3) is 0 Å². The first-order valence-electron chi connectivity index (χ1n) is 9.01. The van der Waals surface area contributed by atoms with Crippen molar-refractivity contribution in [2.24, 2.45) is 5.92 Å². The maximum Gasteiger partial charge on any atom is 0.435 e. The number of fused-ring (bicyclic) bond motifs is 1. The minimum atomic E-state index is -0.705. The number of hydrogen-bond donors (Lipinski definition) is 0. The van der Waals surface area contributed by atoms with Crippen LogP contribution in [-0.4, -0.2) is 40.9 Å². The van der Waals surface area contributed by atoms with Gasteiger partial charge >= 0.3 is 12.2 Å². The summed E-state index contributed by atoms with van der Waals surface area (Å²) in [4.78, 5) is 25.4. The molecule has 6 nitrogen and oxygen atoms in total. The molecule has 0 bridgehead atoms. The van der Waals surface area contributed by atoms with Gasteiger partial charge in [0, 0.05) is 13.1 Å². The first-order valence-corrected chi connectivity index (χ1v) is 9.01. The average molecular weight is 358 g/mol. The molecule has 0 spiro atoms. The third kappa shape index (κ3) is 4.43. The van der Waals surface area contributed by atoms with Crippen LogP contribution in [-0.2, 0) is 16.1 Å². The summed E-state index contributed by atoms with van der Waals surface area (Å²) in [6, 6.07) is 9.40. The molecule has 2 aliphatic rings. The van der Waals surface area contributed by atoms with Gasteiger partial charge in [0.15, 0.2) is 0 Å². The Balaban J connectivity index is 1.71. The highest BCUT2D eigenvalue weighted by atomic mass is 16.6. The van der Waals surface area contributed by atoms with E-state index < -0.39 is 17.8 Å². The molecule has 1 atom stereocenters. The second-order valence-electron chi connectivity index (χ2n) is 7.73. The van der Waals surface area contributed by atoms with Crippen LogP contribution in [0.4, 0.5) is 9.59 Å². The molecule has 1 aromatic carbocycles. The van der Waals surface area contributed by atoms with E-state index in [2.05, 4.69) is 6.08 Å². The monoisotopic (exact) mass is 358 g/mol. The van der Waals surface area contributed by atoms with Gasteiger partial charge < -0.3 is 9.47 Å². The SMILES string of the molecule is CC(C)(C)OC(=O)N(C(=O)OCc1ccccc1)N1CC2=CCCC2C1. The normalized spacial score (nSPS) is 19.7. The van der Waals surface area contributed by atoms with Gasteiger partial charge in [0.2, 0.25) is 0 Å². The average Bonchev–Trinajstić information content (AvgIpc) is 3.14. The topological polar surface area (TPSA) is 59.1 Å². The maximum absolute atomic E-state index is 12.7. The van der Waals surface area contributed by atoms with E-state index in [0.717, 1.165) is 23.4 Å². The summed E-state index contributed by atoms with van der Waals surface area (Å²) in [6.07, 6.45) is 2.93. The zero-order valence-electron chi connectivity index (χ0n) is 15.6. The lowest BCUT2D eigenvalue weighted by atomic mass is 10.1. The van der Waals surface area contributed by atoms with Crippen LogP contribution in [0.5, 0.6) is 0 Å². The lowest BCUT2D eigenvalue weighted by molar-refractivity contribution is -0.0384. The Morgan fingerprint density at radius 1 is 1.19 bits per heavy atom. The van der Waals surface area contributed by atoms with E-state index in [-0.39, 0.29) is 6.61 Å². The van der Waals surface area contributed by atoms with Crippen LogP contribution in [0.3, 0.4) is 0 Å². The second-order valence-corrected chi connectivity index (χ2v) is 7.73. The highest BCUT2D eigenvalue weighted by Crippen LogP contribution is 2.34. The quantitative estimate of drug-likeness (QED) is 0.761. The van der Waals surface area contributed by atoms with Crippen molar-refractivity contribution in [3.8, 4) is 0 Å². The minimum Gasteiger partial charge on any atom is -0.443 e. The van der Waals surface area contributed by atoms with Crippen molar-refractivity contribution in [2.75, 3.05) is 13.1 Å². The molecule has 1 aliphatic carbocycles. The molecule has 0 saturated carbocycles. The molecule has 1 heterocycles. The molecule has 1 saturated heterocycles. The molecule has 0 N–H and O–H groups in total. The number of allylic oxidation sites excluding steroid dienone is 1. The Morgan fingerprint density at radius 3 is 2.58 bits per heavy atom. The van der Waals surface area contributed by atoms with Crippen molar-refractivity contribution in [3.63, 3.8) is 0 Å². The van der Waals surface area contributed by atoms with Gasteiger partial charge in [-0.3, -0.25) is 0 Å². The molecule has 26 heavy (non-hydrogen) atoms. The number of benzene rings is 1. The number of carbonyl (C=O) groups is 2. The van der Waals surface area contributed by atoms with E-state index in [9.17, 15) is 9.59 Å². The summed E-state index contributed by atoms with van der Waals surface area (Å²) in [6.45, 7) is 6.63. The van der Waals surface area contributed by atoms with Crippen molar-refractivity contribution >= 4 is 12.2 Å². The van der Waals surface area contributed by atoms with Crippen LogP contribution >= 0.6 is 0 Å². The van der Waals surface area contributed by atoms with E-state index in [1.54, 1.807) is 25.8 Å². The Labute approximate surface area is 154 Å². The number of amides is 2. The fourth-order valence-electron chi connectivity index (χ4n) is 3.30. The molecule has 1 aromatic rings. The predicted octanol–water partition coefficient (Wildman–Crippen LogP) is 4.13. The number of hydrogen-bond acceptors (Lipinski definition) is 5. The molecule has 2 amide bonds. The minimum absolute atomic E-state index is 0.110. The highest BCUT2D eigenvalue weighted by molar-refractivity contribution is 5.87. The van der Waals surface area contributed by atoms with E-state index in [1.165, 1.54) is 5.57 Å². The fraction of sp³-hybridized carbons (Fsp3) is 0.500. The van der Waals surface area contributed by atoms with Gasteiger partial charge in [-0.2, -0.15) is 0 Å². The first kappa shape index (κ1) is 18.5. The van der Waals surface area contributed by atoms with Crippen LogP contribution < -0.4 is 0 Å². The summed E-state index contributed by atoms with van der Waals surface area (Å²) in [5.41, 5.74) is 1.46. The zero-order chi connectivity index (χ0) is 18.7. The highest BCUT2D eigenvalue weighted by Gasteiger charge is 2.40. The Bertz CT molecular complexity index is 694. The van der Waals surface area contributed by atoms with Gasteiger partial charge in [-0.1, -0.05) is 42.0 Å². The van der Waals surface area contributed by atoms with Crippen LogP contribution in [0.2, 0.25) is 0 Å². The summed E-state index contributed by atoms with van der Waals surface area (Å²) in [7, 11) is 0. The summed E-state index contributed by atoms with van der Waals surface area (Å²) in [5, 5.41) is 2.75. The van der Waals surface area contributed by atoms with Crippen molar-refractivity contribution in [1.82, 2.24) is 10.0 Å². The molecule has 0 radical (unpaired) electrons. The van der Waals surface area contributed by atoms with Gasteiger partial charge in [0.1, 0.15) is 12.2 Å². The molecular weight excluding hydrogens is 332 g/mol. The summed E-state index contributed by atoms with van der Waals surface area (Å²) >= 11 is 0. The maximum atomic E-state index is 12.7. The summed E-state index contributed by atoms with van der Waals surface area (Å²) < 4.78 is 10.8. The first-order chi connectivity index (χ1) is 12.3. The van der Waals surface area contributed by atoms with Crippen molar-refractivity contribution < 1.29 is 19.1 Å². The Kier molecular flexibility index (Phi) is 5.32. The third-order valence-corrected chi connectivity index (χ3v) is 4.47. The number of nitrogens with zero attached hydrogens (tertiary/aromatic N) is 2. The smallest absolute Gasteiger partial charge is 0.435 e. The van der Waals surface area contributed by atoms with E-state index in [4.69, 9.17) is 9.47 Å². The molecule has 140 valence electrons. The fourth-order valence-corrected chi connectivity index (χ4v) is 3.30. The number of ether oxygens (including phenoxy) is 2. The Hall–Kier alpha value is -2.34. The molecule has 3 rings (SSSR count). The second kappa shape index (κ2) is 7.50.